The van der Waals surface area contributed by atoms with Crippen LogP contribution in [0.5, 0.6) is 0 Å². The number of nitrogens with zero attached hydrogens (tertiary/aromatic N) is 3. The number of hydrogen-bond donors (Lipinski definition) is 1. The van der Waals surface area contributed by atoms with Gasteiger partial charge in [-0.2, -0.15) is 0 Å². The summed E-state index contributed by atoms with van der Waals surface area (Å²) in [6, 6.07) is 3.41. The molecule has 0 aliphatic carbocycles. The summed E-state index contributed by atoms with van der Waals surface area (Å²) < 4.78 is 24.4. The first-order valence-corrected chi connectivity index (χ1v) is 9.01. The fourth-order valence-corrected chi connectivity index (χ4v) is 3.28. The molecular formula is C14H22N4O3S. The third kappa shape index (κ3) is 4.17. The van der Waals surface area contributed by atoms with Gasteiger partial charge in [-0.25, -0.2) is 17.7 Å². The molecule has 0 bridgehead atoms. The number of nitrogens with one attached hydrogen (secondary N) is 1. The number of anilines is 1. The van der Waals surface area contributed by atoms with Gasteiger partial charge in [0.15, 0.2) is 0 Å². The number of amides is 1. The molecule has 8 heteroatoms. The Kier molecular flexibility index (Phi) is 5.02. The minimum atomic E-state index is -3.14. The van der Waals surface area contributed by atoms with Gasteiger partial charge in [-0.1, -0.05) is 0 Å². The Bertz CT molecular complexity index is 637. The normalized spacial score (nSPS) is 17.2. The smallest absolute Gasteiger partial charge is 0.251 e. The van der Waals surface area contributed by atoms with Crippen molar-refractivity contribution < 1.29 is 13.2 Å². The lowest BCUT2D eigenvalue weighted by molar-refractivity contribution is 0.0924. The van der Waals surface area contributed by atoms with E-state index in [1.807, 2.05) is 19.0 Å². The average molecular weight is 326 g/mol. The van der Waals surface area contributed by atoms with Crippen molar-refractivity contribution in [1.29, 1.82) is 0 Å². The molecule has 22 heavy (non-hydrogen) atoms. The second-order valence-electron chi connectivity index (χ2n) is 5.71. The van der Waals surface area contributed by atoms with Crippen molar-refractivity contribution in [3.05, 3.63) is 23.9 Å². The maximum Gasteiger partial charge on any atom is 0.251 e. The number of carbonyl (C=O) groups excluding carboxylic acids is 1. The molecule has 1 N–H and O–H groups in total. The van der Waals surface area contributed by atoms with E-state index in [-0.39, 0.29) is 11.9 Å². The second-order valence-corrected chi connectivity index (χ2v) is 7.69. The monoisotopic (exact) mass is 326 g/mol. The molecule has 1 aliphatic heterocycles. The second kappa shape index (κ2) is 6.62. The number of hydrogen-bond acceptors (Lipinski definition) is 5. The highest BCUT2D eigenvalue weighted by atomic mass is 32.2. The summed E-state index contributed by atoms with van der Waals surface area (Å²) in [5, 5.41) is 2.97. The van der Waals surface area contributed by atoms with Crippen molar-refractivity contribution in [2.45, 2.75) is 18.9 Å². The van der Waals surface area contributed by atoms with Crippen molar-refractivity contribution in [1.82, 2.24) is 14.6 Å². The Labute approximate surface area is 131 Å². The number of pyridine rings is 1. The lowest BCUT2D eigenvalue weighted by atomic mass is 10.1. The maximum atomic E-state index is 12.3. The lowest BCUT2D eigenvalue weighted by Crippen LogP contribution is -2.46. The summed E-state index contributed by atoms with van der Waals surface area (Å²) in [6.07, 6.45) is 4.08. The fraction of sp³-hybridized carbons (Fsp3) is 0.571. The molecule has 2 rings (SSSR count). The summed E-state index contributed by atoms with van der Waals surface area (Å²) in [5.74, 6) is 0.572. The zero-order chi connectivity index (χ0) is 16.3. The summed E-state index contributed by atoms with van der Waals surface area (Å²) in [4.78, 5) is 18.3. The van der Waals surface area contributed by atoms with E-state index in [4.69, 9.17) is 0 Å². The Morgan fingerprint density at radius 2 is 2.00 bits per heavy atom. The molecule has 1 amide bonds. The molecule has 122 valence electrons. The lowest BCUT2D eigenvalue weighted by Gasteiger charge is -2.30. The molecule has 1 aromatic heterocycles. The van der Waals surface area contributed by atoms with Crippen LogP contribution in [0.25, 0.3) is 0 Å². The number of rotatable bonds is 4. The van der Waals surface area contributed by atoms with Gasteiger partial charge in [0.2, 0.25) is 10.0 Å². The molecule has 1 saturated heterocycles. The molecule has 0 unspecified atom stereocenters. The number of carbonyl (C=O) groups is 1. The van der Waals surface area contributed by atoms with Gasteiger partial charge in [0.05, 0.1) is 6.26 Å². The van der Waals surface area contributed by atoms with Gasteiger partial charge < -0.3 is 10.2 Å². The standard InChI is InChI=1S/C14H22N4O3S/c1-17(2)13-10-11(4-7-15-13)14(19)16-12-5-8-18(9-6-12)22(3,20)21/h4,7,10,12H,5-6,8-9H2,1-3H3,(H,16,19). The molecule has 0 spiro atoms. The zero-order valence-electron chi connectivity index (χ0n) is 13.1. The molecule has 0 aromatic carbocycles. The van der Waals surface area contributed by atoms with Gasteiger partial charge in [-0.3, -0.25) is 4.79 Å². The third-order valence-corrected chi connectivity index (χ3v) is 5.03. The summed E-state index contributed by atoms with van der Waals surface area (Å²) in [5.41, 5.74) is 0.559. The van der Waals surface area contributed by atoms with Crippen LogP contribution in [0.1, 0.15) is 23.2 Å². The third-order valence-electron chi connectivity index (χ3n) is 3.72. The first kappa shape index (κ1) is 16.7. The average Bonchev–Trinajstić information content (AvgIpc) is 2.47. The molecule has 2 heterocycles. The molecule has 1 fully saturated rings. The highest BCUT2D eigenvalue weighted by molar-refractivity contribution is 7.88. The number of aromatic nitrogens is 1. The van der Waals surface area contributed by atoms with Crippen molar-refractivity contribution in [3.8, 4) is 0 Å². The Morgan fingerprint density at radius 3 is 2.55 bits per heavy atom. The van der Waals surface area contributed by atoms with Gasteiger partial charge in [-0.05, 0) is 25.0 Å². The Hall–Kier alpha value is -1.67. The van der Waals surface area contributed by atoms with E-state index in [2.05, 4.69) is 10.3 Å². The van der Waals surface area contributed by atoms with Crippen LogP contribution in [-0.4, -0.2) is 63.1 Å². The molecule has 1 aromatic rings. The molecule has 7 nitrogen and oxygen atoms in total. The van der Waals surface area contributed by atoms with Crippen LogP contribution >= 0.6 is 0 Å². The highest BCUT2D eigenvalue weighted by Crippen LogP contribution is 2.15. The number of piperidine rings is 1. The Balaban J connectivity index is 1.95. The van der Waals surface area contributed by atoms with Crippen LogP contribution in [0.2, 0.25) is 0 Å². The van der Waals surface area contributed by atoms with Crippen molar-refractivity contribution in [2.75, 3.05) is 38.3 Å². The minimum absolute atomic E-state index is 0.00136. The van der Waals surface area contributed by atoms with Crippen molar-refractivity contribution in [2.24, 2.45) is 0 Å². The highest BCUT2D eigenvalue weighted by Gasteiger charge is 2.26. The molecular weight excluding hydrogens is 304 g/mol. The van der Waals surface area contributed by atoms with Crippen LogP contribution in [0.4, 0.5) is 5.82 Å². The van der Waals surface area contributed by atoms with Crippen LogP contribution < -0.4 is 10.2 Å². The molecule has 0 radical (unpaired) electrons. The first-order chi connectivity index (χ1) is 10.3. The minimum Gasteiger partial charge on any atom is -0.363 e. The first-order valence-electron chi connectivity index (χ1n) is 7.17. The summed E-state index contributed by atoms with van der Waals surface area (Å²) >= 11 is 0. The van der Waals surface area contributed by atoms with Crippen molar-refractivity contribution in [3.63, 3.8) is 0 Å². The van der Waals surface area contributed by atoms with Crippen molar-refractivity contribution >= 4 is 21.7 Å². The SMILES string of the molecule is CN(C)c1cc(C(=O)NC2CCN(S(C)(=O)=O)CC2)ccn1. The van der Waals surface area contributed by atoms with Crippen LogP contribution in [0.15, 0.2) is 18.3 Å². The van der Waals surface area contributed by atoms with Crippen LogP contribution in [0.3, 0.4) is 0 Å². The predicted molar refractivity (Wildman–Crippen MR) is 85.5 cm³/mol. The summed E-state index contributed by atoms with van der Waals surface area (Å²) in [6.45, 7) is 0.895. The van der Waals surface area contributed by atoms with Gasteiger partial charge in [0.25, 0.3) is 5.91 Å². The molecule has 0 atom stereocenters. The van der Waals surface area contributed by atoms with E-state index in [0.29, 0.717) is 31.5 Å². The largest absolute Gasteiger partial charge is 0.363 e. The number of sulfonamides is 1. The summed E-state index contributed by atoms with van der Waals surface area (Å²) in [7, 11) is 0.594. The van der Waals surface area contributed by atoms with Gasteiger partial charge >= 0.3 is 0 Å². The topological polar surface area (TPSA) is 82.6 Å². The van der Waals surface area contributed by atoms with E-state index in [0.717, 1.165) is 5.82 Å². The fourth-order valence-electron chi connectivity index (χ4n) is 2.40. The van der Waals surface area contributed by atoms with Crippen LogP contribution in [0, 0.1) is 0 Å². The molecule has 0 saturated carbocycles. The zero-order valence-corrected chi connectivity index (χ0v) is 13.9. The molecule has 1 aliphatic rings. The van der Waals surface area contributed by atoms with Gasteiger partial charge in [0.1, 0.15) is 5.82 Å². The predicted octanol–water partition coefficient (Wildman–Crippen LogP) is 0.301. The van der Waals surface area contributed by atoms with E-state index in [9.17, 15) is 13.2 Å². The van der Waals surface area contributed by atoms with E-state index in [1.54, 1.807) is 18.3 Å². The van der Waals surface area contributed by atoms with E-state index >= 15 is 0 Å². The van der Waals surface area contributed by atoms with Gasteiger partial charge in [0, 0.05) is 45.0 Å². The van der Waals surface area contributed by atoms with E-state index < -0.39 is 10.0 Å². The quantitative estimate of drug-likeness (QED) is 0.860. The van der Waals surface area contributed by atoms with Crippen LogP contribution in [-0.2, 0) is 10.0 Å². The van der Waals surface area contributed by atoms with E-state index in [1.165, 1.54) is 10.6 Å². The van der Waals surface area contributed by atoms with Gasteiger partial charge in [-0.15, -0.1) is 0 Å². The Morgan fingerprint density at radius 1 is 1.36 bits per heavy atom. The maximum absolute atomic E-state index is 12.3.